The van der Waals surface area contributed by atoms with Crippen molar-refractivity contribution in [3.8, 4) is 0 Å². The molecule has 0 radical (unpaired) electrons. The molecule has 1 aromatic carbocycles. The zero-order chi connectivity index (χ0) is 12.4. The van der Waals surface area contributed by atoms with Gasteiger partial charge in [-0.3, -0.25) is 5.10 Å². The van der Waals surface area contributed by atoms with Crippen LogP contribution >= 0.6 is 0 Å². The monoisotopic (exact) mass is 237 g/mol. The van der Waals surface area contributed by atoms with Gasteiger partial charge < -0.3 is 5.32 Å². The molecule has 0 saturated carbocycles. The molecule has 17 heavy (non-hydrogen) atoms. The van der Waals surface area contributed by atoms with Gasteiger partial charge in [0, 0.05) is 23.9 Å². The van der Waals surface area contributed by atoms with Gasteiger partial charge in [-0.25, -0.2) is 8.78 Å². The lowest BCUT2D eigenvalue weighted by molar-refractivity contribution is 0.585. The van der Waals surface area contributed by atoms with E-state index < -0.39 is 11.6 Å². The Hall–Kier alpha value is -1.91. The van der Waals surface area contributed by atoms with Gasteiger partial charge in [0.15, 0.2) is 0 Å². The normalized spacial score (nSPS) is 10.6. The predicted octanol–water partition coefficient (Wildman–Crippen LogP) is 2.92. The van der Waals surface area contributed by atoms with Gasteiger partial charge in [-0.2, -0.15) is 5.10 Å². The highest BCUT2D eigenvalue weighted by molar-refractivity contribution is 5.45. The molecule has 1 heterocycles. The van der Waals surface area contributed by atoms with Crippen molar-refractivity contribution in [1.29, 1.82) is 0 Å². The Balaban J connectivity index is 2.13. The van der Waals surface area contributed by atoms with Crippen molar-refractivity contribution in [1.82, 2.24) is 10.2 Å². The molecule has 0 atom stereocenters. The van der Waals surface area contributed by atoms with Gasteiger partial charge in [0.25, 0.3) is 0 Å². The molecule has 0 aliphatic heterocycles. The second-order valence-corrected chi connectivity index (χ2v) is 3.89. The fourth-order valence-corrected chi connectivity index (χ4v) is 1.65. The maximum atomic E-state index is 13.4. The van der Waals surface area contributed by atoms with E-state index in [2.05, 4.69) is 15.5 Å². The first kappa shape index (κ1) is 11.6. The van der Waals surface area contributed by atoms with Crippen LogP contribution in [0.5, 0.6) is 0 Å². The lowest BCUT2D eigenvalue weighted by Crippen LogP contribution is -2.03. The van der Waals surface area contributed by atoms with Crippen LogP contribution in [-0.2, 0) is 6.54 Å². The summed E-state index contributed by atoms with van der Waals surface area (Å²) in [5.41, 5.74) is 3.09. The number of anilines is 1. The van der Waals surface area contributed by atoms with Crippen molar-refractivity contribution >= 4 is 5.69 Å². The van der Waals surface area contributed by atoms with Gasteiger partial charge in [-0.05, 0) is 26.0 Å². The SMILES string of the molecule is Cc1n[nH]c(C)c1CNc1ccc(F)cc1F. The molecule has 0 saturated heterocycles. The minimum absolute atomic E-state index is 0.284. The minimum Gasteiger partial charge on any atom is -0.378 e. The average molecular weight is 237 g/mol. The van der Waals surface area contributed by atoms with Crippen LogP contribution in [0.15, 0.2) is 18.2 Å². The summed E-state index contributed by atoms with van der Waals surface area (Å²) in [7, 11) is 0. The average Bonchev–Trinajstić information content (AvgIpc) is 2.58. The smallest absolute Gasteiger partial charge is 0.149 e. The van der Waals surface area contributed by atoms with E-state index in [0.29, 0.717) is 6.54 Å². The van der Waals surface area contributed by atoms with Crippen molar-refractivity contribution in [2.75, 3.05) is 5.32 Å². The highest BCUT2D eigenvalue weighted by Crippen LogP contribution is 2.17. The topological polar surface area (TPSA) is 40.7 Å². The molecule has 1 aromatic heterocycles. The molecule has 2 rings (SSSR count). The summed E-state index contributed by atoms with van der Waals surface area (Å²) in [6.07, 6.45) is 0. The molecule has 0 unspecified atom stereocenters. The molecule has 90 valence electrons. The highest BCUT2D eigenvalue weighted by atomic mass is 19.1. The number of H-pyrrole nitrogens is 1. The summed E-state index contributed by atoms with van der Waals surface area (Å²) in [6, 6.07) is 3.47. The first-order chi connectivity index (χ1) is 8.08. The molecule has 2 aromatic rings. The van der Waals surface area contributed by atoms with Gasteiger partial charge >= 0.3 is 0 Å². The lowest BCUT2D eigenvalue weighted by atomic mass is 10.2. The van der Waals surface area contributed by atoms with Crippen molar-refractivity contribution in [2.45, 2.75) is 20.4 Å². The summed E-state index contributed by atoms with van der Waals surface area (Å²) >= 11 is 0. The van der Waals surface area contributed by atoms with E-state index >= 15 is 0 Å². The number of rotatable bonds is 3. The van der Waals surface area contributed by atoms with Crippen LogP contribution in [0.1, 0.15) is 17.0 Å². The standard InChI is InChI=1S/C12H13F2N3/c1-7-10(8(2)17-16-7)6-15-12-4-3-9(13)5-11(12)14/h3-5,15H,6H2,1-2H3,(H,16,17). The first-order valence-corrected chi connectivity index (χ1v) is 5.27. The number of aryl methyl sites for hydroxylation is 2. The van der Waals surface area contributed by atoms with Gasteiger partial charge in [-0.1, -0.05) is 0 Å². The van der Waals surface area contributed by atoms with E-state index in [1.54, 1.807) is 0 Å². The van der Waals surface area contributed by atoms with Crippen LogP contribution in [0.25, 0.3) is 0 Å². The number of nitrogens with zero attached hydrogens (tertiary/aromatic N) is 1. The van der Waals surface area contributed by atoms with Crippen LogP contribution in [-0.4, -0.2) is 10.2 Å². The van der Waals surface area contributed by atoms with Crippen LogP contribution in [0.2, 0.25) is 0 Å². The second-order valence-electron chi connectivity index (χ2n) is 3.89. The Bertz CT molecular complexity index is 515. The molecular weight excluding hydrogens is 224 g/mol. The maximum Gasteiger partial charge on any atom is 0.149 e. The molecule has 0 bridgehead atoms. The van der Waals surface area contributed by atoms with Crippen molar-refractivity contribution < 1.29 is 8.78 Å². The maximum absolute atomic E-state index is 13.4. The summed E-state index contributed by atoms with van der Waals surface area (Å²) in [6.45, 7) is 4.23. The molecule has 0 aliphatic carbocycles. The summed E-state index contributed by atoms with van der Waals surface area (Å²) in [4.78, 5) is 0. The molecule has 3 nitrogen and oxygen atoms in total. The molecule has 0 aliphatic rings. The quantitative estimate of drug-likeness (QED) is 0.861. The molecule has 5 heteroatoms. The van der Waals surface area contributed by atoms with Crippen LogP contribution in [0.3, 0.4) is 0 Å². The Morgan fingerprint density at radius 1 is 1.29 bits per heavy atom. The number of aromatic amines is 1. The van der Waals surface area contributed by atoms with Gasteiger partial charge in [-0.15, -0.1) is 0 Å². The number of aromatic nitrogens is 2. The summed E-state index contributed by atoms with van der Waals surface area (Å²) < 4.78 is 26.1. The Morgan fingerprint density at radius 2 is 2.06 bits per heavy atom. The number of halogens is 2. The number of hydrogen-bond donors (Lipinski definition) is 2. The number of benzene rings is 1. The lowest BCUT2D eigenvalue weighted by Gasteiger charge is -2.07. The Morgan fingerprint density at radius 3 is 2.65 bits per heavy atom. The van der Waals surface area contributed by atoms with Gasteiger partial charge in [0.1, 0.15) is 11.6 Å². The van der Waals surface area contributed by atoms with Crippen molar-refractivity contribution in [3.63, 3.8) is 0 Å². The molecule has 0 fully saturated rings. The van der Waals surface area contributed by atoms with E-state index in [-0.39, 0.29) is 5.69 Å². The zero-order valence-corrected chi connectivity index (χ0v) is 9.64. The van der Waals surface area contributed by atoms with Crippen LogP contribution in [0.4, 0.5) is 14.5 Å². The summed E-state index contributed by atoms with van der Waals surface area (Å²) in [5.74, 6) is -1.17. The second kappa shape index (κ2) is 4.53. The van der Waals surface area contributed by atoms with E-state index in [4.69, 9.17) is 0 Å². The molecular formula is C12H13F2N3. The van der Waals surface area contributed by atoms with Gasteiger partial charge in [0.2, 0.25) is 0 Å². The van der Waals surface area contributed by atoms with E-state index in [0.717, 1.165) is 23.0 Å². The zero-order valence-electron chi connectivity index (χ0n) is 9.64. The predicted molar refractivity (Wildman–Crippen MR) is 61.7 cm³/mol. The Kier molecular flexibility index (Phi) is 3.08. The molecule has 0 amide bonds. The van der Waals surface area contributed by atoms with E-state index in [1.807, 2.05) is 13.8 Å². The summed E-state index contributed by atoms with van der Waals surface area (Å²) in [5, 5.41) is 9.82. The third-order valence-corrected chi connectivity index (χ3v) is 2.67. The van der Waals surface area contributed by atoms with Crippen LogP contribution < -0.4 is 5.32 Å². The fraction of sp³-hybridized carbons (Fsp3) is 0.250. The third-order valence-electron chi connectivity index (χ3n) is 2.67. The van der Waals surface area contributed by atoms with E-state index in [9.17, 15) is 8.78 Å². The van der Waals surface area contributed by atoms with Crippen molar-refractivity contribution in [3.05, 3.63) is 46.8 Å². The molecule has 0 spiro atoms. The van der Waals surface area contributed by atoms with Gasteiger partial charge in [0.05, 0.1) is 11.4 Å². The first-order valence-electron chi connectivity index (χ1n) is 5.27. The van der Waals surface area contributed by atoms with Crippen LogP contribution in [0, 0.1) is 25.5 Å². The largest absolute Gasteiger partial charge is 0.378 e. The third kappa shape index (κ3) is 2.43. The fourth-order valence-electron chi connectivity index (χ4n) is 1.65. The number of nitrogens with one attached hydrogen (secondary N) is 2. The minimum atomic E-state index is -0.594. The van der Waals surface area contributed by atoms with E-state index in [1.165, 1.54) is 12.1 Å². The van der Waals surface area contributed by atoms with Crippen molar-refractivity contribution in [2.24, 2.45) is 0 Å². The number of hydrogen-bond acceptors (Lipinski definition) is 2. The highest BCUT2D eigenvalue weighted by Gasteiger charge is 2.08. The molecule has 2 N–H and O–H groups in total. The Labute approximate surface area is 97.9 Å².